The summed E-state index contributed by atoms with van der Waals surface area (Å²) in [5, 5.41) is 10.7. The Kier molecular flexibility index (Phi) is 4.33. The molecule has 0 spiro atoms. The Morgan fingerprint density at radius 2 is 1.86 bits per heavy atom. The third-order valence-corrected chi connectivity index (χ3v) is 3.05. The van der Waals surface area contributed by atoms with Gasteiger partial charge < -0.3 is 4.74 Å². The van der Waals surface area contributed by atoms with Gasteiger partial charge in [0.1, 0.15) is 5.75 Å². The molecule has 5 nitrogen and oxygen atoms in total. The number of ketones is 1. The summed E-state index contributed by atoms with van der Waals surface area (Å²) in [5.74, 6) is 0.138. The summed E-state index contributed by atoms with van der Waals surface area (Å²) in [6, 6.07) is 13.0. The van der Waals surface area contributed by atoms with Gasteiger partial charge in [0, 0.05) is 11.6 Å². The normalized spacial score (nSPS) is 11.7. The smallest absolute Gasteiger partial charge is 0.273 e. The number of hydrogen-bond acceptors (Lipinski definition) is 4. The molecule has 2 aromatic rings. The van der Waals surface area contributed by atoms with Gasteiger partial charge in [0.25, 0.3) is 5.69 Å². The summed E-state index contributed by atoms with van der Waals surface area (Å²) >= 11 is 0. The molecule has 0 aliphatic rings. The monoisotopic (exact) mass is 285 g/mol. The van der Waals surface area contributed by atoms with Crippen molar-refractivity contribution in [2.24, 2.45) is 0 Å². The fraction of sp³-hybridized carbons (Fsp3) is 0.188. The molecule has 2 rings (SSSR count). The highest BCUT2D eigenvalue weighted by Crippen LogP contribution is 2.21. The van der Waals surface area contributed by atoms with Crippen LogP contribution in [0.3, 0.4) is 0 Å². The number of aryl methyl sites for hydroxylation is 1. The molecule has 0 fully saturated rings. The molecule has 0 radical (unpaired) electrons. The summed E-state index contributed by atoms with van der Waals surface area (Å²) in [5.41, 5.74) is 1.56. The Bertz CT molecular complexity index is 664. The second-order valence-electron chi connectivity index (χ2n) is 4.74. The lowest BCUT2D eigenvalue weighted by Gasteiger charge is -2.13. The topological polar surface area (TPSA) is 69.4 Å². The van der Waals surface area contributed by atoms with Gasteiger partial charge in [-0.2, -0.15) is 0 Å². The first kappa shape index (κ1) is 14.7. The molecule has 0 heterocycles. The lowest BCUT2D eigenvalue weighted by molar-refractivity contribution is -0.384. The molecule has 0 N–H and O–H groups in total. The van der Waals surface area contributed by atoms with Gasteiger partial charge in [0.2, 0.25) is 5.78 Å². The van der Waals surface area contributed by atoms with Crippen molar-refractivity contribution in [3.8, 4) is 5.75 Å². The fourth-order valence-electron chi connectivity index (χ4n) is 1.88. The lowest BCUT2D eigenvalue weighted by atomic mass is 10.1. The second kappa shape index (κ2) is 6.17. The van der Waals surface area contributed by atoms with Crippen LogP contribution in [-0.4, -0.2) is 16.8 Å². The molecule has 2 aromatic carbocycles. The van der Waals surface area contributed by atoms with Crippen molar-refractivity contribution in [3.63, 3.8) is 0 Å². The Morgan fingerprint density at radius 3 is 2.48 bits per heavy atom. The van der Waals surface area contributed by atoms with Crippen molar-refractivity contribution < 1.29 is 14.5 Å². The van der Waals surface area contributed by atoms with E-state index in [1.54, 1.807) is 25.1 Å². The molecule has 0 bridgehead atoms. The number of ether oxygens (including phenoxy) is 1. The van der Waals surface area contributed by atoms with Crippen molar-refractivity contribution in [1.29, 1.82) is 0 Å². The van der Waals surface area contributed by atoms with Crippen LogP contribution >= 0.6 is 0 Å². The van der Waals surface area contributed by atoms with Crippen LogP contribution in [0.2, 0.25) is 0 Å². The highest BCUT2D eigenvalue weighted by Gasteiger charge is 2.17. The molecule has 0 aliphatic carbocycles. The maximum absolute atomic E-state index is 12.2. The van der Waals surface area contributed by atoms with Crippen LogP contribution in [-0.2, 0) is 0 Å². The molecule has 21 heavy (non-hydrogen) atoms. The van der Waals surface area contributed by atoms with Crippen LogP contribution in [0.1, 0.15) is 22.8 Å². The highest BCUT2D eigenvalue weighted by atomic mass is 16.6. The largest absolute Gasteiger partial charge is 0.482 e. The van der Waals surface area contributed by atoms with Gasteiger partial charge >= 0.3 is 0 Å². The van der Waals surface area contributed by atoms with E-state index in [0.717, 1.165) is 5.56 Å². The number of nitrogens with zero attached hydrogens (tertiary/aromatic N) is 1. The summed E-state index contributed by atoms with van der Waals surface area (Å²) in [4.78, 5) is 22.4. The first-order valence-electron chi connectivity index (χ1n) is 6.49. The van der Waals surface area contributed by atoms with E-state index in [-0.39, 0.29) is 11.5 Å². The van der Waals surface area contributed by atoms with E-state index in [1.165, 1.54) is 18.2 Å². The van der Waals surface area contributed by atoms with Gasteiger partial charge in [-0.25, -0.2) is 0 Å². The first-order valence-corrected chi connectivity index (χ1v) is 6.49. The van der Waals surface area contributed by atoms with Crippen molar-refractivity contribution in [3.05, 3.63) is 69.8 Å². The van der Waals surface area contributed by atoms with E-state index in [1.807, 2.05) is 19.1 Å². The number of rotatable bonds is 5. The number of nitro groups is 1. The molecule has 0 amide bonds. The van der Waals surface area contributed by atoms with E-state index in [2.05, 4.69) is 0 Å². The maximum atomic E-state index is 12.2. The number of nitro benzene ring substituents is 1. The van der Waals surface area contributed by atoms with Crippen LogP contribution in [0, 0.1) is 17.0 Å². The predicted molar refractivity (Wildman–Crippen MR) is 78.7 cm³/mol. The predicted octanol–water partition coefficient (Wildman–Crippen LogP) is 3.55. The van der Waals surface area contributed by atoms with Crippen molar-refractivity contribution in [2.75, 3.05) is 0 Å². The standard InChI is InChI=1S/C16H15NO4/c1-11-6-8-13(9-7-11)16(18)12(2)21-15-5-3-4-14(10-15)17(19)20/h3-10,12H,1-2H3/t12-/m0/s1. The summed E-state index contributed by atoms with van der Waals surface area (Å²) < 4.78 is 5.50. The van der Waals surface area contributed by atoms with Gasteiger partial charge in [0.05, 0.1) is 11.0 Å². The summed E-state index contributed by atoms with van der Waals surface area (Å²) in [6.07, 6.45) is -0.713. The molecule has 0 saturated heterocycles. The maximum Gasteiger partial charge on any atom is 0.273 e. The molecule has 0 aromatic heterocycles. The zero-order valence-corrected chi connectivity index (χ0v) is 11.8. The van der Waals surface area contributed by atoms with Crippen molar-refractivity contribution in [2.45, 2.75) is 20.0 Å². The SMILES string of the molecule is Cc1ccc(C(=O)[C@H](C)Oc2cccc([N+](=O)[O-])c2)cc1. The zero-order chi connectivity index (χ0) is 15.4. The molecular formula is C16H15NO4. The molecule has 108 valence electrons. The second-order valence-corrected chi connectivity index (χ2v) is 4.74. The number of carbonyl (C=O) groups excluding carboxylic acids is 1. The minimum atomic E-state index is -0.713. The van der Waals surface area contributed by atoms with Gasteiger partial charge in [-0.15, -0.1) is 0 Å². The number of carbonyl (C=O) groups is 1. The Labute approximate surface area is 122 Å². The third-order valence-electron chi connectivity index (χ3n) is 3.05. The van der Waals surface area contributed by atoms with Crippen molar-refractivity contribution in [1.82, 2.24) is 0 Å². The number of benzene rings is 2. The number of Topliss-reactive ketones (excluding diaryl/α,β-unsaturated/α-hetero) is 1. The highest BCUT2D eigenvalue weighted by molar-refractivity contribution is 5.99. The van der Waals surface area contributed by atoms with Crippen LogP contribution in [0.25, 0.3) is 0 Å². The van der Waals surface area contributed by atoms with E-state index >= 15 is 0 Å². The Balaban J connectivity index is 2.12. The third kappa shape index (κ3) is 3.66. The molecule has 1 atom stereocenters. The van der Waals surface area contributed by atoms with Crippen LogP contribution in [0.15, 0.2) is 48.5 Å². The van der Waals surface area contributed by atoms with Crippen LogP contribution in [0.5, 0.6) is 5.75 Å². The number of hydrogen-bond donors (Lipinski definition) is 0. The summed E-state index contributed by atoms with van der Waals surface area (Å²) in [6.45, 7) is 3.57. The Morgan fingerprint density at radius 1 is 1.19 bits per heavy atom. The molecule has 0 saturated carbocycles. The lowest BCUT2D eigenvalue weighted by Crippen LogP contribution is -2.23. The average molecular weight is 285 g/mol. The minimum absolute atomic E-state index is 0.0671. The van der Waals surface area contributed by atoms with E-state index < -0.39 is 11.0 Å². The quantitative estimate of drug-likeness (QED) is 0.478. The first-order chi connectivity index (χ1) is 9.97. The number of non-ortho nitro benzene ring substituents is 1. The van der Waals surface area contributed by atoms with Gasteiger partial charge in [-0.05, 0) is 19.9 Å². The average Bonchev–Trinajstić information content (AvgIpc) is 2.47. The van der Waals surface area contributed by atoms with E-state index in [9.17, 15) is 14.9 Å². The van der Waals surface area contributed by atoms with Crippen LogP contribution in [0.4, 0.5) is 5.69 Å². The molecule has 0 unspecified atom stereocenters. The van der Waals surface area contributed by atoms with Gasteiger partial charge in [-0.1, -0.05) is 35.9 Å². The van der Waals surface area contributed by atoms with Gasteiger partial charge in [-0.3, -0.25) is 14.9 Å². The van der Waals surface area contributed by atoms with E-state index in [0.29, 0.717) is 11.3 Å². The fourth-order valence-corrected chi connectivity index (χ4v) is 1.88. The molecule has 5 heteroatoms. The Hall–Kier alpha value is -2.69. The molecular weight excluding hydrogens is 270 g/mol. The van der Waals surface area contributed by atoms with E-state index in [4.69, 9.17) is 4.74 Å². The van der Waals surface area contributed by atoms with Gasteiger partial charge in [0.15, 0.2) is 6.10 Å². The van der Waals surface area contributed by atoms with Crippen molar-refractivity contribution >= 4 is 11.5 Å². The zero-order valence-electron chi connectivity index (χ0n) is 11.8. The van der Waals surface area contributed by atoms with Crippen LogP contribution < -0.4 is 4.74 Å². The summed E-state index contributed by atoms with van der Waals surface area (Å²) in [7, 11) is 0. The molecule has 0 aliphatic heterocycles. The minimum Gasteiger partial charge on any atom is -0.482 e.